The van der Waals surface area contributed by atoms with E-state index in [1.807, 2.05) is 24.3 Å². The van der Waals surface area contributed by atoms with Crippen LogP contribution in [0, 0.1) is 11.3 Å². The van der Waals surface area contributed by atoms with Gasteiger partial charge >= 0.3 is 0 Å². The average molecular weight is 409 g/mol. The Kier molecular flexibility index (Phi) is 6.52. The molecular formula is C22H21F2N5O. The Balaban J connectivity index is 1.62. The highest BCUT2D eigenvalue weighted by Crippen LogP contribution is 2.23. The highest BCUT2D eigenvalue weighted by molar-refractivity contribution is 5.91. The van der Waals surface area contributed by atoms with Crippen LogP contribution < -0.4 is 5.32 Å². The third-order valence-corrected chi connectivity index (χ3v) is 4.59. The molecule has 0 aliphatic rings. The summed E-state index contributed by atoms with van der Waals surface area (Å²) in [5.74, 6) is 0.592. The molecule has 0 spiro atoms. The van der Waals surface area contributed by atoms with Gasteiger partial charge in [0.05, 0.1) is 24.2 Å². The molecule has 3 rings (SSSR count). The van der Waals surface area contributed by atoms with E-state index < -0.39 is 6.43 Å². The molecule has 0 bridgehead atoms. The van der Waals surface area contributed by atoms with Crippen molar-refractivity contribution in [3.05, 3.63) is 76.7 Å². The molecule has 0 aliphatic carbocycles. The maximum atomic E-state index is 13.1. The Bertz CT molecular complexity index is 1070. The summed E-state index contributed by atoms with van der Waals surface area (Å²) >= 11 is 0. The number of alkyl halides is 2. The van der Waals surface area contributed by atoms with Gasteiger partial charge in [-0.15, -0.1) is 0 Å². The lowest BCUT2D eigenvalue weighted by atomic mass is 10.0. The van der Waals surface area contributed by atoms with Gasteiger partial charge < -0.3 is 5.32 Å². The molecule has 0 aliphatic heterocycles. The first kappa shape index (κ1) is 21.1. The minimum atomic E-state index is -2.76. The molecule has 1 N–H and O–H groups in total. The van der Waals surface area contributed by atoms with Crippen LogP contribution in [0.15, 0.2) is 48.8 Å². The molecule has 0 fully saturated rings. The summed E-state index contributed by atoms with van der Waals surface area (Å²) in [5.41, 5.74) is 1.95. The second kappa shape index (κ2) is 9.27. The number of benzene rings is 1. The molecule has 0 saturated carbocycles. The third kappa shape index (κ3) is 5.26. The van der Waals surface area contributed by atoms with E-state index in [4.69, 9.17) is 5.26 Å². The van der Waals surface area contributed by atoms with E-state index in [2.05, 4.69) is 29.2 Å². The zero-order valence-electron chi connectivity index (χ0n) is 16.6. The van der Waals surface area contributed by atoms with Crippen LogP contribution in [0.1, 0.15) is 54.1 Å². The average Bonchev–Trinajstić information content (AvgIpc) is 3.14. The molecule has 0 radical (unpaired) electrons. The van der Waals surface area contributed by atoms with Crippen molar-refractivity contribution in [3.63, 3.8) is 0 Å². The van der Waals surface area contributed by atoms with E-state index in [1.165, 1.54) is 16.3 Å². The summed E-state index contributed by atoms with van der Waals surface area (Å²) in [6, 6.07) is 12.4. The minimum absolute atomic E-state index is 0.137. The van der Waals surface area contributed by atoms with Gasteiger partial charge in [-0.05, 0) is 23.1 Å². The van der Waals surface area contributed by atoms with Gasteiger partial charge in [-0.1, -0.05) is 38.1 Å². The molecule has 1 amide bonds. The van der Waals surface area contributed by atoms with E-state index in [9.17, 15) is 13.6 Å². The summed E-state index contributed by atoms with van der Waals surface area (Å²) in [6.45, 7) is 4.36. The molecule has 3 aromatic rings. The normalized spacial score (nSPS) is 11.0. The van der Waals surface area contributed by atoms with Crippen molar-refractivity contribution in [2.45, 2.75) is 39.2 Å². The van der Waals surface area contributed by atoms with Crippen LogP contribution >= 0.6 is 0 Å². The highest BCUT2D eigenvalue weighted by atomic mass is 19.3. The predicted molar refractivity (Wildman–Crippen MR) is 108 cm³/mol. The van der Waals surface area contributed by atoms with Gasteiger partial charge in [-0.3, -0.25) is 14.5 Å². The number of aromatic nitrogens is 3. The number of rotatable bonds is 7. The quantitative estimate of drug-likeness (QED) is 0.625. The summed E-state index contributed by atoms with van der Waals surface area (Å²) in [6.07, 6.45) is 0.214. The Morgan fingerprint density at radius 2 is 1.97 bits per heavy atom. The third-order valence-electron chi connectivity index (χ3n) is 4.59. The van der Waals surface area contributed by atoms with Gasteiger partial charge in [0.1, 0.15) is 6.07 Å². The maximum absolute atomic E-state index is 13.1. The van der Waals surface area contributed by atoms with Gasteiger partial charge in [-0.25, -0.2) is 8.78 Å². The standard InChI is InChI=1S/C22H21F2N5O/c1-14(2)16-5-3-15(4-6-16)9-21(30)27-20-7-8-29(28-20)13-18-10-19(22(23)24)17(11-25)12-26-18/h3-8,10,12,14,22H,9,13H2,1-2H3,(H,27,28,30). The van der Waals surface area contributed by atoms with Gasteiger partial charge in [0, 0.05) is 24.0 Å². The number of nitrogens with one attached hydrogen (secondary N) is 1. The Labute approximate surface area is 173 Å². The lowest BCUT2D eigenvalue weighted by molar-refractivity contribution is -0.115. The lowest BCUT2D eigenvalue weighted by Gasteiger charge is -2.07. The van der Waals surface area contributed by atoms with Crippen molar-refractivity contribution in [1.29, 1.82) is 5.26 Å². The highest BCUT2D eigenvalue weighted by Gasteiger charge is 2.15. The van der Waals surface area contributed by atoms with Crippen molar-refractivity contribution in [2.24, 2.45) is 0 Å². The molecule has 30 heavy (non-hydrogen) atoms. The number of carbonyl (C=O) groups is 1. The largest absolute Gasteiger partial charge is 0.309 e. The van der Waals surface area contributed by atoms with Crippen molar-refractivity contribution < 1.29 is 13.6 Å². The van der Waals surface area contributed by atoms with Crippen LogP contribution in [-0.2, 0) is 17.8 Å². The molecule has 2 aromatic heterocycles. The molecule has 1 aromatic carbocycles. The molecular weight excluding hydrogens is 388 g/mol. The maximum Gasteiger partial charge on any atom is 0.265 e. The number of pyridine rings is 1. The summed E-state index contributed by atoms with van der Waals surface area (Å²) < 4.78 is 27.6. The Hall–Kier alpha value is -3.60. The van der Waals surface area contributed by atoms with Crippen LogP contribution in [0.5, 0.6) is 0 Å². The van der Waals surface area contributed by atoms with Crippen LogP contribution in [0.4, 0.5) is 14.6 Å². The number of nitrogens with zero attached hydrogens (tertiary/aromatic N) is 4. The molecule has 0 unspecified atom stereocenters. The van der Waals surface area contributed by atoms with Gasteiger partial charge in [0.25, 0.3) is 6.43 Å². The van der Waals surface area contributed by atoms with Crippen molar-refractivity contribution >= 4 is 11.7 Å². The number of hydrogen-bond acceptors (Lipinski definition) is 4. The second-order valence-corrected chi connectivity index (χ2v) is 7.20. The number of amides is 1. The molecule has 2 heterocycles. The summed E-state index contributed by atoms with van der Waals surface area (Å²) in [4.78, 5) is 16.3. The molecule has 154 valence electrons. The zero-order valence-corrected chi connectivity index (χ0v) is 16.6. The van der Waals surface area contributed by atoms with Crippen molar-refractivity contribution in [1.82, 2.24) is 14.8 Å². The molecule has 6 nitrogen and oxygen atoms in total. The Morgan fingerprint density at radius 1 is 1.23 bits per heavy atom. The first-order valence-corrected chi connectivity index (χ1v) is 9.45. The molecule has 0 atom stereocenters. The predicted octanol–water partition coefficient (Wildman–Crippen LogP) is 4.44. The van der Waals surface area contributed by atoms with Crippen molar-refractivity contribution in [3.8, 4) is 6.07 Å². The minimum Gasteiger partial charge on any atom is -0.309 e. The number of anilines is 1. The zero-order chi connectivity index (χ0) is 21.7. The monoisotopic (exact) mass is 409 g/mol. The van der Waals surface area contributed by atoms with Crippen molar-refractivity contribution in [2.75, 3.05) is 5.32 Å². The summed E-state index contributed by atoms with van der Waals surface area (Å²) in [5, 5.41) is 15.9. The van der Waals surface area contributed by atoms with Crippen LogP contribution in [-0.4, -0.2) is 20.7 Å². The fraction of sp³-hybridized carbons (Fsp3) is 0.273. The van der Waals surface area contributed by atoms with E-state index in [0.29, 0.717) is 17.4 Å². The Morgan fingerprint density at radius 3 is 2.60 bits per heavy atom. The SMILES string of the molecule is CC(C)c1ccc(CC(=O)Nc2ccn(Cc3cc(C(F)F)c(C#N)cn3)n2)cc1. The second-order valence-electron chi connectivity index (χ2n) is 7.20. The van der Waals surface area contributed by atoms with E-state index in [-0.39, 0.29) is 30.0 Å². The number of nitriles is 1. The van der Waals surface area contributed by atoms with Gasteiger partial charge in [0.2, 0.25) is 5.91 Å². The number of halogens is 2. The van der Waals surface area contributed by atoms with E-state index >= 15 is 0 Å². The molecule has 8 heteroatoms. The van der Waals surface area contributed by atoms with E-state index in [0.717, 1.165) is 11.8 Å². The van der Waals surface area contributed by atoms with Crippen LogP contribution in [0.2, 0.25) is 0 Å². The fourth-order valence-corrected chi connectivity index (χ4v) is 2.95. The molecule has 0 saturated heterocycles. The first-order valence-electron chi connectivity index (χ1n) is 9.45. The van der Waals surface area contributed by atoms with Crippen LogP contribution in [0.25, 0.3) is 0 Å². The van der Waals surface area contributed by atoms with Crippen LogP contribution in [0.3, 0.4) is 0 Å². The summed E-state index contributed by atoms with van der Waals surface area (Å²) in [7, 11) is 0. The first-order chi connectivity index (χ1) is 14.4. The number of hydrogen-bond donors (Lipinski definition) is 1. The van der Waals surface area contributed by atoms with Gasteiger partial charge in [0.15, 0.2) is 5.82 Å². The number of carbonyl (C=O) groups excluding carboxylic acids is 1. The fourth-order valence-electron chi connectivity index (χ4n) is 2.95. The smallest absolute Gasteiger partial charge is 0.265 e. The van der Waals surface area contributed by atoms with Gasteiger partial charge in [-0.2, -0.15) is 10.4 Å². The topological polar surface area (TPSA) is 83.6 Å². The van der Waals surface area contributed by atoms with E-state index in [1.54, 1.807) is 18.3 Å². The lowest BCUT2D eigenvalue weighted by Crippen LogP contribution is -2.15.